The number of nitro groups is 1. The second kappa shape index (κ2) is 5.38. The minimum Gasteiger partial charge on any atom is -0.289 e. The second-order valence-corrected chi connectivity index (χ2v) is 4.62. The van der Waals surface area contributed by atoms with Crippen molar-refractivity contribution in [2.75, 3.05) is 0 Å². The first kappa shape index (κ1) is 14.1. The van der Waals surface area contributed by atoms with Gasteiger partial charge in [0.15, 0.2) is 5.78 Å². The lowest BCUT2D eigenvalue weighted by molar-refractivity contribution is -0.387. The molecule has 0 aliphatic heterocycles. The van der Waals surface area contributed by atoms with E-state index in [0.717, 1.165) is 12.1 Å². The number of halogens is 2. The summed E-state index contributed by atoms with van der Waals surface area (Å²) in [6.45, 7) is 1.74. The predicted molar refractivity (Wildman–Crippen MR) is 72.7 cm³/mol. The molecule has 0 saturated heterocycles. The first-order valence-corrected chi connectivity index (χ1v) is 6.02. The van der Waals surface area contributed by atoms with Crippen molar-refractivity contribution in [1.82, 2.24) is 0 Å². The smallest absolute Gasteiger partial charge is 0.289 e. The number of ketones is 1. The summed E-state index contributed by atoms with van der Waals surface area (Å²) in [5.74, 6) is -1.40. The van der Waals surface area contributed by atoms with Crippen molar-refractivity contribution in [3.05, 3.63) is 74.0 Å². The molecule has 0 N–H and O–H groups in total. The first-order valence-electron chi connectivity index (χ1n) is 5.65. The Morgan fingerprint density at radius 1 is 1.20 bits per heavy atom. The fourth-order valence-corrected chi connectivity index (χ4v) is 1.86. The van der Waals surface area contributed by atoms with Crippen LogP contribution in [-0.2, 0) is 0 Å². The zero-order valence-electron chi connectivity index (χ0n) is 10.4. The molecule has 4 nitrogen and oxygen atoms in total. The lowest BCUT2D eigenvalue weighted by atomic mass is 10.0. The van der Waals surface area contributed by atoms with Crippen LogP contribution >= 0.6 is 11.6 Å². The summed E-state index contributed by atoms with van der Waals surface area (Å²) < 4.78 is 13.2. The molecule has 102 valence electrons. The van der Waals surface area contributed by atoms with Crippen LogP contribution in [0.5, 0.6) is 0 Å². The highest BCUT2D eigenvalue weighted by Crippen LogP contribution is 2.22. The predicted octanol–water partition coefficient (Wildman–Crippen LogP) is 3.93. The Kier molecular flexibility index (Phi) is 3.81. The van der Waals surface area contributed by atoms with Crippen molar-refractivity contribution >= 4 is 23.1 Å². The average Bonchev–Trinajstić information content (AvgIpc) is 2.41. The highest BCUT2D eigenvalue weighted by molar-refractivity contribution is 6.31. The van der Waals surface area contributed by atoms with E-state index in [1.807, 2.05) is 0 Å². The van der Waals surface area contributed by atoms with Crippen molar-refractivity contribution in [3.8, 4) is 0 Å². The maximum atomic E-state index is 13.2. The van der Waals surface area contributed by atoms with Crippen LogP contribution in [0.3, 0.4) is 0 Å². The minimum absolute atomic E-state index is 0.0554. The fraction of sp³-hybridized carbons (Fsp3) is 0.0714. The number of nitro benzene ring substituents is 1. The molecule has 0 radical (unpaired) electrons. The van der Waals surface area contributed by atoms with E-state index in [0.29, 0.717) is 16.1 Å². The Morgan fingerprint density at radius 2 is 1.80 bits per heavy atom. The molecule has 2 aromatic carbocycles. The SMILES string of the molecule is Cc1cc(C(=O)c2ccc(F)c([N+](=O)[O-])c2)ccc1Cl. The second-order valence-electron chi connectivity index (χ2n) is 4.22. The van der Waals surface area contributed by atoms with Gasteiger partial charge >= 0.3 is 5.69 Å². The van der Waals surface area contributed by atoms with E-state index in [9.17, 15) is 19.3 Å². The van der Waals surface area contributed by atoms with E-state index in [4.69, 9.17) is 11.6 Å². The zero-order chi connectivity index (χ0) is 14.9. The van der Waals surface area contributed by atoms with E-state index in [-0.39, 0.29) is 5.56 Å². The Hall–Kier alpha value is -2.27. The largest absolute Gasteiger partial charge is 0.305 e. The fourth-order valence-electron chi connectivity index (χ4n) is 1.75. The van der Waals surface area contributed by atoms with Gasteiger partial charge in [0.1, 0.15) is 0 Å². The lowest BCUT2D eigenvalue weighted by Crippen LogP contribution is -2.03. The highest BCUT2D eigenvalue weighted by atomic mass is 35.5. The monoisotopic (exact) mass is 293 g/mol. The van der Waals surface area contributed by atoms with Gasteiger partial charge in [0, 0.05) is 22.2 Å². The molecule has 0 unspecified atom stereocenters. The van der Waals surface area contributed by atoms with E-state index in [1.165, 1.54) is 12.1 Å². The van der Waals surface area contributed by atoms with Gasteiger partial charge in [-0.25, -0.2) is 0 Å². The van der Waals surface area contributed by atoms with Gasteiger partial charge in [0.2, 0.25) is 5.82 Å². The molecule has 0 aliphatic carbocycles. The van der Waals surface area contributed by atoms with E-state index in [2.05, 4.69) is 0 Å². The molecule has 0 spiro atoms. The van der Waals surface area contributed by atoms with Crippen LogP contribution in [0.25, 0.3) is 0 Å². The van der Waals surface area contributed by atoms with Gasteiger partial charge in [-0.05, 0) is 42.8 Å². The molecule has 2 aromatic rings. The van der Waals surface area contributed by atoms with Crippen LogP contribution < -0.4 is 0 Å². The molecule has 0 atom stereocenters. The number of hydrogen-bond donors (Lipinski definition) is 0. The van der Waals surface area contributed by atoms with Gasteiger partial charge in [-0.1, -0.05) is 11.6 Å². The summed E-state index contributed by atoms with van der Waals surface area (Å²) in [5, 5.41) is 11.2. The number of carbonyl (C=O) groups excluding carboxylic acids is 1. The van der Waals surface area contributed by atoms with Crippen LogP contribution in [0.4, 0.5) is 10.1 Å². The van der Waals surface area contributed by atoms with Crippen molar-refractivity contribution in [3.63, 3.8) is 0 Å². The maximum absolute atomic E-state index is 13.2. The van der Waals surface area contributed by atoms with Crippen LogP contribution in [0.2, 0.25) is 5.02 Å². The normalized spacial score (nSPS) is 10.3. The highest BCUT2D eigenvalue weighted by Gasteiger charge is 2.18. The molecule has 20 heavy (non-hydrogen) atoms. The van der Waals surface area contributed by atoms with Crippen LogP contribution in [0.15, 0.2) is 36.4 Å². The number of hydrogen-bond acceptors (Lipinski definition) is 3. The lowest BCUT2D eigenvalue weighted by Gasteiger charge is -2.04. The molecular formula is C14H9ClFNO3. The van der Waals surface area contributed by atoms with Crippen molar-refractivity contribution in [1.29, 1.82) is 0 Å². The van der Waals surface area contributed by atoms with Gasteiger partial charge in [-0.2, -0.15) is 4.39 Å². The van der Waals surface area contributed by atoms with Gasteiger partial charge in [-0.3, -0.25) is 14.9 Å². The summed E-state index contributed by atoms with van der Waals surface area (Å²) >= 11 is 5.87. The molecule has 0 saturated carbocycles. The van der Waals surface area contributed by atoms with E-state index >= 15 is 0 Å². The Labute approximate surface area is 119 Å². The summed E-state index contributed by atoms with van der Waals surface area (Å²) in [4.78, 5) is 22.0. The Morgan fingerprint density at radius 3 is 2.40 bits per heavy atom. The number of rotatable bonds is 3. The molecule has 0 fully saturated rings. The van der Waals surface area contributed by atoms with Gasteiger partial charge in [0.05, 0.1) is 4.92 Å². The number of carbonyl (C=O) groups is 1. The third-order valence-electron chi connectivity index (χ3n) is 2.83. The van der Waals surface area contributed by atoms with Crippen molar-refractivity contribution in [2.24, 2.45) is 0 Å². The average molecular weight is 294 g/mol. The molecule has 2 rings (SSSR count). The van der Waals surface area contributed by atoms with E-state index in [1.54, 1.807) is 19.1 Å². The maximum Gasteiger partial charge on any atom is 0.305 e. The molecule has 0 aromatic heterocycles. The molecule has 0 heterocycles. The van der Waals surface area contributed by atoms with Crippen molar-refractivity contribution in [2.45, 2.75) is 6.92 Å². The molecule has 0 bridgehead atoms. The van der Waals surface area contributed by atoms with Gasteiger partial charge in [0.25, 0.3) is 0 Å². The molecule has 0 amide bonds. The summed E-state index contributed by atoms with van der Waals surface area (Å²) in [5.41, 5.74) is 0.392. The van der Waals surface area contributed by atoms with Gasteiger partial charge in [-0.15, -0.1) is 0 Å². The number of aryl methyl sites for hydroxylation is 1. The number of nitrogens with zero attached hydrogens (tertiary/aromatic N) is 1. The minimum atomic E-state index is -0.973. The van der Waals surface area contributed by atoms with Crippen LogP contribution in [0, 0.1) is 22.9 Å². The molecule has 6 heteroatoms. The first-order chi connectivity index (χ1) is 9.40. The van der Waals surface area contributed by atoms with Gasteiger partial charge < -0.3 is 0 Å². The van der Waals surface area contributed by atoms with Crippen LogP contribution in [0.1, 0.15) is 21.5 Å². The third-order valence-corrected chi connectivity index (χ3v) is 3.25. The topological polar surface area (TPSA) is 60.2 Å². The zero-order valence-corrected chi connectivity index (χ0v) is 11.1. The Balaban J connectivity index is 2.45. The number of benzene rings is 2. The molecular weight excluding hydrogens is 285 g/mol. The summed E-state index contributed by atoms with van der Waals surface area (Å²) in [7, 11) is 0. The summed E-state index contributed by atoms with van der Waals surface area (Å²) in [6.07, 6.45) is 0. The van der Waals surface area contributed by atoms with E-state index < -0.39 is 22.2 Å². The van der Waals surface area contributed by atoms with Crippen molar-refractivity contribution < 1.29 is 14.1 Å². The third kappa shape index (κ3) is 2.67. The quantitative estimate of drug-likeness (QED) is 0.489. The summed E-state index contributed by atoms with van der Waals surface area (Å²) in [6, 6.07) is 7.74. The molecule has 0 aliphatic rings. The standard InChI is InChI=1S/C14H9ClFNO3/c1-8-6-9(2-4-11(8)15)14(18)10-3-5-12(16)13(7-10)17(19)20/h2-7H,1H3. The van der Waals surface area contributed by atoms with Crippen LogP contribution in [-0.4, -0.2) is 10.7 Å². The Bertz CT molecular complexity index is 716.